The van der Waals surface area contributed by atoms with Crippen LogP contribution in [-0.4, -0.2) is 18.0 Å². The minimum Gasteiger partial charge on any atom is -0.367 e. The van der Waals surface area contributed by atoms with Crippen LogP contribution < -0.4 is 0 Å². The van der Waals surface area contributed by atoms with Gasteiger partial charge in [-0.3, -0.25) is 4.79 Å². The van der Waals surface area contributed by atoms with E-state index in [2.05, 4.69) is 13.8 Å². The Balaban J connectivity index is 2.51. The standard InChI is InChI=1S/C16H30O2/c1-4-6-7-8-11-15(17)16(18-5-2)12-9-10-14(3)13-16/h14H,4-13H2,1-3H3. The van der Waals surface area contributed by atoms with Gasteiger partial charge in [-0.1, -0.05) is 39.5 Å². The molecule has 0 saturated heterocycles. The molecule has 2 nitrogen and oxygen atoms in total. The SMILES string of the molecule is CCCCCCC(=O)C1(OCC)CCCC(C)C1. The second-order valence-electron chi connectivity index (χ2n) is 5.86. The maximum atomic E-state index is 12.5. The Morgan fingerprint density at radius 3 is 2.67 bits per heavy atom. The van der Waals surface area contributed by atoms with Crippen molar-refractivity contribution in [2.75, 3.05) is 6.61 Å². The average Bonchev–Trinajstić information content (AvgIpc) is 2.34. The van der Waals surface area contributed by atoms with Crippen molar-refractivity contribution < 1.29 is 9.53 Å². The molecule has 2 atom stereocenters. The molecule has 0 heterocycles. The van der Waals surface area contributed by atoms with Crippen molar-refractivity contribution in [2.45, 2.75) is 84.2 Å². The van der Waals surface area contributed by atoms with Crippen LogP contribution >= 0.6 is 0 Å². The lowest BCUT2D eigenvalue weighted by atomic mass is 9.75. The lowest BCUT2D eigenvalue weighted by Gasteiger charge is -2.38. The number of ketones is 1. The van der Waals surface area contributed by atoms with E-state index in [0.717, 1.165) is 25.7 Å². The van der Waals surface area contributed by atoms with E-state index in [1.54, 1.807) is 0 Å². The van der Waals surface area contributed by atoms with Crippen molar-refractivity contribution in [3.05, 3.63) is 0 Å². The van der Waals surface area contributed by atoms with Crippen LogP contribution in [0, 0.1) is 5.92 Å². The summed E-state index contributed by atoms with van der Waals surface area (Å²) in [5.74, 6) is 0.997. The van der Waals surface area contributed by atoms with Gasteiger partial charge in [0.05, 0.1) is 0 Å². The molecule has 0 bridgehead atoms. The molecule has 1 saturated carbocycles. The van der Waals surface area contributed by atoms with E-state index in [-0.39, 0.29) is 0 Å². The average molecular weight is 254 g/mol. The summed E-state index contributed by atoms with van der Waals surface area (Å²) in [6.07, 6.45) is 9.67. The van der Waals surface area contributed by atoms with Gasteiger partial charge in [-0.15, -0.1) is 0 Å². The van der Waals surface area contributed by atoms with E-state index < -0.39 is 5.60 Å². The summed E-state index contributed by atoms with van der Waals surface area (Å²) < 4.78 is 5.91. The van der Waals surface area contributed by atoms with Crippen molar-refractivity contribution >= 4 is 5.78 Å². The first-order chi connectivity index (χ1) is 8.64. The van der Waals surface area contributed by atoms with Crippen LogP contribution in [0.15, 0.2) is 0 Å². The molecule has 1 rings (SSSR count). The Hall–Kier alpha value is -0.370. The molecule has 106 valence electrons. The summed E-state index contributed by atoms with van der Waals surface area (Å²) in [6, 6.07) is 0. The van der Waals surface area contributed by atoms with Crippen LogP contribution in [0.4, 0.5) is 0 Å². The number of hydrogen-bond acceptors (Lipinski definition) is 2. The topological polar surface area (TPSA) is 26.3 Å². The Kier molecular flexibility index (Phi) is 6.91. The maximum absolute atomic E-state index is 12.5. The largest absolute Gasteiger partial charge is 0.367 e. The molecule has 0 aromatic carbocycles. The summed E-state index contributed by atoms with van der Waals surface area (Å²) >= 11 is 0. The highest BCUT2D eigenvalue weighted by Crippen LogP contribution is 2.37. The number of unbranched alkanes of at least 4 members (excludes halogenated alkanes) is 3. The molecule has 0 N–H and O–H groups in total. The molecule has 2 unspecified atom stereocenters. The summed E-state index contributed by atoms with van der Waals surface area (Å²) in [5, 5.41) is 0. The Morgan fingerprint density at radius 2 is 2.06 bits per heavy atom. The predicted molar refractivity (Wildman–Crippen MR) is 75.8 cm³/mol. The smallest absolute Gasteiger partial charge is 0.164 e. The Bertz CT molecular complexity index is 245. The highest BCUT2D eigenvalue weighted by molar-refractivity contribution is 5.87. The molecule has 1 fully saturated rings. The molecule has 0 spiro atoms. The normalized spacial score (nSPS) is 28.3. The summed E-state index contributed by atoms with van der Waals surface area (Å²) in [4.78, 5) is 12.5. The van der Waals surface area contributed by atoms with Crippen molar-refractivity contribution in [1.29, 1.82) is 0 Å². The van der Waals surface area contributed by atoms with E-state index in [1.165, 1.54) is 25.7 Å². The Morgan fingerprint density at radius 1 is 1.28 bits per heavy atom. The van der Waals surface area contributed by atoms with Gasteiger partial charge >= 0.3 is 0 Å². The van der Waals surface area contributed by atoms with Gasteiger partial charge in [-0.25, -0.2) is 0 Å². The Labute approximate surface area is 112 Å². The number of carbonyl (C=O) groups is 1. The van der Waals surface area contributed by atoms with Crippen molar-refractivity contribution in [3.8, 4) is 0 Å². The second kappa shape index (κ2) is 7.93. The second-order valence-corrected chi connectivity index (χ2v) is 5.86. The highest BCUT2D eigenvalue weighted by atomic mass is 16.5. The van der Waals surface area contributed by atoms with Gasteiger partial charge in [-0.05, 0) is 38.5 Å². The van der Waals surface area contributed by atoms with Gasteiger partial charge in [-0.2, -0.15) is 0 Å². The molecule has 1 aliphatic carbocycles. The zero-order valence-corrected chi connectivity index (χ0v) is 12.5. The molecule has 0 amide bonds. The zero-order valence-electron chi connectivity index (χ0n) is 12.5. The van der Waals surface area contributed by atoms with Crippen LogP contribution in [0.25, 0.3) is 0 Å². The molecular formula is C16H30O2. The summed E-state index contributed by atoms with van der Waals surface area (Å²) in [6.45, 7) is 7.11. The van der Waals surface area contributed by atoms with Gasteiger partial charge < -0.3 is 4.74 Å². The van der Waals surface area contributed by atoms with Crippen molar-refractivity contribution in [3.63, 3.8) is 0 Å². The number of carbonyl (C=O) groups excluding carboxylic acids is 1. The van der Waals surface area contributed by atoms with E-state index in [4.69, 9.17) is 4.74 Å². The maximum Gasteiger partial charge on any atom is 0.164 e. The fraction of sp³-hybridized carbons (Fsp3) is 0.938. The fourth-order valence-corrected chi connectivity index (χ4v) is 3.18. The fourth-order valence-electron chi connectivity index (χ4n) is 3.18. The first kappa shape index (κ1) is 15.7. The highest BCUT2D eigenvalue weighted by Gasteiger charge is 2.41. The first-order valence-corrected chi connectivity index (χ1v) is 7.82. The first-order valence-electron chi connectivity index (χ1n) is 7.82. The predicted octanol–water partition coefficient (Wildman–Crippen LogP) is 4.51. The van der Waals surface area contributed by atoms with Crippen LogP contribution in [0.5, 0.6) is 0 Å². The molecule has 0 radical (unpaired) electrons. The van der Waals surface area contributed by atoms with Crippen molar-refractivity contribution in [2.24, 2.45) is 5.92 Å². The molecular weight excluding hydrogens is 224 g/mol. The molecule has 0 aromatic rings. The third kappa shape index (κ3) is 4.38. The van der Waals surface area contributed by atoms with E-state index in [9.17, 15) is 4.79 Å². The zero-order chi connectivity index (χ0) is 13.4. The van der Waals surface area contributed by atoms with Crippen molar-refractivity contribution in [1.82, 2.24) is 0 Å². The lowest BCUT2D eigenvalue weighted by molar-refractivity contribution is -0.151. The summed E-state index contributed by atoms with van der Waals surface area (Å²) in [5.41, 5.74) is -0.432. The molecule has 0 aromatic heterocycles. The molecule has 2 heteroatoms. The van der Waals surface area contributed by atoms with Crippen LogP contribution in [-0.2, 0) is 9.53 Å². The van der Waals surface area contributed by atoms with Gasteiger partial charge in [0.2, 0.25) is 0 Å². The molecule has 18 heavy (non-hydrogen) atoms. The third-order valence-electron chi connectivity index (χ3n) is 4.14. The number of rotatable bonds is 8. The number of hydrogen-bond donors (Lipinski definition) is 0. The van der Waals surface area contributed by atoms with Crippen LogP contribution in [0.2, 0.25) is 0 Å². The third-order valence-corrected chi connectivity index (χ3v) is 4.14. The lowest BCUT2D eigenvalue weighted by Crippen LogP contribution is -2.45. The van der Waals surface area contributed by atoms with Gasteiger partial charge in [0.1, 0.15) is 5.60 Å². The minimum absolute atomic E-state index is 0.368. The van der Waals surface area contributed by atoms with Crippen LogP contribution in [0.3, 0.4) is 0 Å². The van der Waals surface area contributed by atoms with Gasteiger partial charge in [0.25, 0.3) is 0 Å². The number of Topliss-reactive ketones (excluding diaryl/α,β-unsaturated/α-hetero) is 1. The van der Waals surface area contributed by atoms with E-state index >= 15 is 0 Å². The molecule has 1 aliphatic rings. The van der Waals surface area contributed by atoms with Crippen LogP contribution in [0.1, 0.15) is 78.6 Å². The molecule has 0 aliphatic heterocycles. The minimum atomic E-state index is -0.432. The summed E-state index contributed by atoms with van der Waals surface area (Å²) in [7, 11) is 0. The number of ether oxygens (including phenoxy) is 1. The van der Waals surface area contributed by atoms with E-state index in [1.807, 2.05) is 6.92 Å². The monoisotopic (exact) mass is 254 g/mol. The van der Waals surface area contributed by atoms with Gasteiger partial charge in [0.15, 0.2) is 5.78 Å². The quantitative estimate of drug-likeness (QED) is 0.596. The van der Waals surface area contributed by atoms with E-state index in [0.29, 0.717) is 24.7 Å². The van der Waals surface area contributed by atoms with Gasteiger partial charge in [0, 0.05) is 13.0 Å².